The number of anilines is 1. The Morgan fingerprint density at radius 1 is 1.27 bits per heavy atom. The van der Waals surface area contributed by atoms with E-state index in [0.29, 0.717) is 23.6 Å². The number of carboxylic acids is 1. The molecule has 0 aliphatic heterocycles. The lowest BCUT2D eigenvalue weighted by molar-refractivity contribution is 0.0695. The van der Waals surface area contributed by atoms with Crippen LogP contribution in [0.3, 0.4) is 0 Å². The molecule has 5 nitrogen and oxygen atoms in total. The third kappa shape index (κ3) is 5.68. The molecule has 2 aromatic carbocycles. The maximum absolute atomic E-state index is 11.4. The number of hydrogen-bond acceptors (Lipinski definition) is 5. The minimum absolute atomic E-state index is 0.180. The summed E-state index contributed by atoms with van der Waals surface area (Å²) in [5.41, 5.74) is 8.90. The van der Waals surface area contributed by atoms with Crippen molar-refractivity contribution in [3.05, 3.63) is 53.1 Å². The van der Waals surface area contributed by atoms with Gasteiger partial charge in [0.05, 0.1) is 17.9 Å². The first-order valence-corrected chi connectivity index (χ1v) is 9.46. The number of benzene rings is 2. The van der Waals surface area contributed by atoms with Crippen LogP contribution < -0.4 is 15.2 Å². The van der Waals surface area contributed by atoms with Crippen molar-refractivity contribution in [1.82, 2.24) is 4.72 Å². The van der Waals surface area contributed by atoms with Gasteiger partial charge in [-0.15, -0.1) is 0 Å². The maximum atomic E-state index is 11.4. The Balaban J connectivity index is 1.77. The van der Waals surface area contributed by atoms with Crippen molar-refractivity contribution in [2.75, 3.05) is 18.9 Å². The average Bonchev–Trinajstić information content (AvgIpc) is 2.59. The third-order valence-electron chi connectivity index (χ3n) is 3.91. The average molecular weight is 375 g/mol. The second-order valence-electron chi connectivity index (χ2n) is 6.45. The summed E-state index contributed by atoms with van der Waals surface area (Å²) in [5, 5.41) is 9.37. The van der Waals surface area contributed by atoms with E-state index in [1.807, 2.05) is 51.1 Å². The molecule has 0 fully saturated rings. The lowest BCUT2D eigenvalue weighted by Gasteiger charge is -2.12. The van der Waals surface area contributed by atoms with Crippen molar-refractivity contribution in [1.29, 1.82) is 0 Å². The molecule has 0 saturated carbocycles. The van der Waals surface area contributed by atoms with Crippen LogP contribution in [0.4, 0.5) is 5.69 Å². The number of ether oxygens (including phenoxy) is 1. The summed E-state index contributed by atoms with van der Waals surface area (Å²) in [7, 11) is 0. The Hall–Kier alpha value is -2.18. The molecule has 0 atom stereocenters. The van der Waals surface area contributed by atoms with Crippen LogP contribution in [0.25, 0.3) is 0 Å². The highest BCUT2D eigenvalue weighted by Gasteiger charge is 2.13. The third-order valence-corrected chi connectivity index (χ3v) is 4.75. The molecule has 0 saturated heterocycles. The summed E-state index contributed by atoms with van der Waals surface area (Å²) in [6.07, 6.45) is 0.816. The molecule has 0 radical (unpaired) electrons. The molecule has 26 heavy (non-hydrogen) atoms. The number of aryl methyl sites for hydroxylation is 1. The predicted molar refractivity (Wildman–Crippen MR) is 107 cm³/mol. The summed E-state index contributed by atoms with van der Waals surface area (Å²) in [4.78, 5) is 12.3. The van der Waals surface area contributed by atoms with Gasteiger partial charge in [0.25, 0.3) is 0 Å². The lowest BCUT2D eigenvalue weighted by atomic mass is 9.97. The fourth-order valence-corrected chi connectivity index (χ4v) is 3.27. The number of nitrogens with two attached hydrogens (primary N) is 1. The van der Waals surface area contributed by atoms with Crippen molar-refractivity contribution in [3.63, 3.8) is 0 Å². The normalized spacial score (nSPS) is 10.9. The Labute approximate surface area is 159 Å². The highest BCUT2D eigenvalue weighted by molar-refractivity contribution is 7.97. The quantitative estimate of drug-likeness (QED) is 0.341. The number of rotatable bonds is 9. The SMILES string of the molecule is Cc1ccc(OCCCNSc2ccc(C(C)C)c(C(=O)O)c2)c(N)c1. The Kier molecular flexibility index (Phi) is 7.36. The molecule has 0 spiro atoms. The van der Waals surface area contributed by atoms with Crippen LogP contribution in [-0.4, -0.2) is 24.2 Å². The molecule has 2 rings (SSSR count). The van der Waals surface area contributed by atoms with Gasteiger partial charge in [-0.05, 0) is 66.6 Å². The van der Waals surface area contributed by atoms with E-state index in [1.54, 1.807) is 6.07 Å². The van der Waals surface area contributed by atoms with Gasteiger partial charge in [-0.1, -0.05) is 26.0 Å². The molecule has 0 aromatic heterocycles. The van der Waals surface area contributed by atoms with E-state index >= 15 is 0 Å². The van der Waals surface area contributed by atoms with Crippen LogP contribution in [0.1, 0.15) is 47.7 Å². The van der Waals surface area contributed by atoms with Crippen LogP contribution in [0.15, 0.2) is 41.3 Å². The highest BCUT2D eigenvalue weighted by atomic mass is 32.2. The van der Waals surface area contributed by atoms with Crippen molar-refractivity contribution >= 4 is 23.6 Å². The zero-order valence-electron chi connectivity index (χ0n) is 15.4. The molecule has 140 valence electrons. The summed E-state index contributed by atoms with van der Waals surface area (Å²) in [5.74, 6) is -0.00154. The number of carboxylic acid groups (broad SMARTS) is 1. The van der Waals surface area contributed by atoms with Crippen molar-refractivity contribution in [2.45, 2.75) is 38.0 Å². The minimum Gasteiger partial charge on any atom is -0.491 e. The largest absolute Gasteiger partial charge is 0.491 e. The van der Waals surface area contributed by atoms with Gasteiger partial charge < -0.3 is 15.6 Å². The maximum Gasteiger partial charge on any atom is 0.336 e. The predicted octanol–water partition coefficient (Wildman–Crippen LogP) is 4.46. The number of aromatic carboxylic acids is 1. The number of hydrogen-bond donors (Lipinski definition) is 3. The monoisotopic (exact) mass is 374 g/mol. The van der Waals surface area contributed by atoms with Crippen LogP contribution >= 0.6 is 11.9 Å². The van der Waals surface area contributed by atoms with E-state index < -0.39 is 5.97 Å². The molecule has 0 bridgehead atoms. The minimum atomic E-state index is -0.889. The second-order valence-corrected chi connectivity index (χ2v) is 7.41. The Morgan fingerprint density at radius 2 is 2.04 bits per heavy atom. The molecule has 0 amide bonds. The van der Waals surface area contributed by atoms with Gasteiger partial charge in [-0.2, -0.15) is 0 Å². The van der Waals surface area contributed by atoms with E-state index in [9.17, 15) is 9.90 Å². The van der Waals surface area contributed by atoms with Gasteiger partial charge >= 0.3 is 5.97 Å². The van der Waals surface area contributed by atoms with E-state index in [1.165, 1.54) is 11.9 Å². The van der Waals surface area contributed by atoms with Crippen LogP contribution in [-0.2, 0) is 0 Å². The molecule has 0 aliphatic rings. The lowest BCUT2D eigenvalue weighted by Crippen LogP contribution is -2.11. The fourth-order valence-electron chi connectivity index (χ4n) is 2.55. The molecular formula is C20H26N2O3S. The van der Waals surface area contributed by atoms with Gasteiger partial charge in [-0.3, -0.25) is 4.72 Å². The molecule has 4 N–H and O–H groups in total. The van der Waals surface area contributed by atoms with Crippen LogP contribution in [0.5, 0.6) is 5.75 Å². The van der Waals surface area contributed by atoms with E-state index in [4.69, 9.17) is 10.5 Å². The fraction of sp³-hybridized carbons (Fsp3) is 0.350. The zero-order valence-corrected chi connectivity index (χ0v) is 16.2. The van der Waals surface area contributed by atoms with Gasteiger partial charge in [0.15, 0.2) is 0 Å². The highest BCUT2D eigenvalue weighted by Crippen LogP contribution is 2.25. The van der Waals surface area contributed by atoms with Gasteiger partial charge in [0.2, 0.25) is 0 Å². The first kappa shape index (κ1) is 20.1. The smallest absolute Gasteiger partial charge is 0.336 e. The summed E-state index contributed by atoms with van der Waals surface area (Å²) in [6, 6.07) is 11.3. The van der Waals surface area contributed by atoms with E-state index in [-0.39, 0.29) is 5.92 Å². The number of carbonyl (C=O) groups is 1. The van der Waals surface area contributed by atoms with E-state index in [2.05, 4.69) is 4.72 Å². The van der Waals surface area contributed by atoms with Crippen molar-refractivity contribution in [2.24, 2.45) is 0 Å². The van der Waals surface area contributed by atoms with Gasteiger partial charge in [0, 0.05) is 11.4 Å². The van der Waals surface area contributed by atoms with Crippen molar-refractivity contribution in [3.8, 4) is 5.75 Å². The topological polar surface area (TPSA) is 84.6 Å². The number of nitrogen functional groups attached to an aromatic ring is 1. The van der Waals surface area contributed by atoms with Gasteiger partial charge in [0.1, 0.15) is 5.75 Å². The zero-order chi connectivity index (χ0) is 19.1. The first-order chi connectivity index (χ1) is 12.4. The molecule has 0 aliphatic carbocycles. The first-order valence-electron chi connectivity index (χ1n) is 8.64. The van der Waals surface area contributed by atoms with E-state index in [0.717, 1.165) is 29.0 Å². The van der Waals surface area contributed by atoms with Gasteiger partial charge in [-0.25, -0.2) is 4.79 Å². The molecule has 6 heteroatoms. The van der Waals surface area contributed by atoms with Crippen LogP contribution in [0.2, 0.25) is 0 Å². The second kappa shape index (κ2) is 9.50. The Bertz CT molecular complexity index is 763. The Morgan fingerprint density at radius 3 is 2.69 bits per heavy atom. The molecule has 2 aromatic rings. The molecule has 0 heterocycles. The van der Waals surface area contributed by atoms with Crippen LogP contribution in [0, 0.1) is 6.92 Å². The summed E-state index contributed by atoms with van der Waals surface area (Å²) < 4.78 is 8.92. The summed E-state index contributed by atoms with van der Waals surface area (Å²) in [6.45, 7) is 7.28. The number of nitrogens with one attached hydrogen (secondary N) is 1. The molecular weight excluding hydrogens is 348 g/mol. The summed E-state index contributed by atoms with van der Waals surface area (Å²) >= 11 is 1.43. The molecule has 0 unspecified atom stereocenters. The standard InChI is InChI=1S/C20H26N2O3S/c1-13(2)16-7-6-15(12-17(16)20(23)24)26-22-9-4-10-25-19-8-5-14(3)11-18(19)21/h5-8,11-13,22H,4,9-10,21H2,1-3H3,(H,23,24). The van der Waals surface area contributed by atoms with Crippen molar-refractivity contribution < 1.29 is 14.6 Å².